The molecule has 2 rings (SSSR count). The first-order valence-electron chi connectivity index (χ1n) is 5.92. The third-order valence-corrected chi connectivity index (χ3v) is 5.20. The predicted octanol–water partition coefficient (Wildman–Crippen LogP) is -0.405. The second kappa shape index (κ2) is 5.29. The molecule has 2 atom stereocenters. The molecule has 1 aromatic rings. The third kappa shape index (κ3) is 2.85. The monoisotopic (exact) mass is 270 g/mol. The first-order chi connectivity index (χ1) is 8.53. The maximum absolute atomic E-state index is 11.5. The van der Waals surface area contributed by atoms with Gasteiger partial charge in [-0.25, -0.2) is 18.4 Å². The molecule has 0 aromatic carbocycles. The van der Waals surface area contributed by atoms with E-state index in [1.165, 1.54) is 6.33 Å². The van der Waals surface area contributed by atoms with E-state index in [9.17, 15) is 8.42 Å². The molecule has 1 aromatic heterocycles. The Morgan fingerprint density at radius 2 is 2.39 bits per heavy atom. The molecule has 100 valence electrons. The van der Waals surface area contributed by atoms with Gasteiger partial charge in [-0.05, 0) is 19.5 Å². The van der Waals surface area contributed by atoms with Crippen LogP contribution in [-0.4, -0.2) is 54.4 Å². The van der Waals surface area contributed by atoms with Crippen LogP contribution in [0, 0.1) is 0 Å². The molecule has 1 aliphatic heterocycles. The van der Waals surface area contributed by atoms with E-state index in [4.69, 9.17) is 5.73 Å². The van der Waals surface area contributed by atoms with Crippen molar-refractivity contribution in [2.45, 2.75) is 18.5 Å². The predicted molar refractivity (Wildman–Crippen MR) is 68.6 cm³/mol. The van der Waals surface area contributed by atoms with Crippen molar-refractivity contribution in [3.05, 3.63) is 24.3 Å². The minimum atomic E-state index is -2.88. The van der Waals surface area contributed by atoms with Gasteiger partial charge in [0.1, 0.15) is 6.33 Å². The number of rotatable bonds is 4. The van der Waals surface area contributed by atoms with Gasteiger partial charge in [0.25, 0.3) is 0 Å². The smallest absolute Gasteiger partial charge is 0.151 e. The SMILES string of the molecule is CN(C1CCS(=O)(=O)C1)C(CN)c1ccncn1. The van der Waals surface area contributed by atoms with Crippen LogP contribution in [0.1, 0.15) is 18.2 Å². The number of hydrogen-bond acceptors (Lipinski definition) is 6. The van der Waals surface area contributed by atoms with Crippen LogP contribution in [-0.2, 0) is 9.84 Å². The van der Waals surface area contributed by atoms with Crippen LogP contribution in [0.3, 0.4) is 0 Å². The maximum Gasteiger partial charge on any atom is 0.151 e. The van der Waals surface area contributed by atoms with Gasteiger partial charge in [-0.3, -0.25) is 4.90 Å². The number of sulfone groups is 1. The highest BCUT2D eigenvalue weighted by atomic mass is 32.2. The molecule has 0 bridgehead atoms. The van der Waals surface area contributed by atoms with E-state index in [-0.39, 0.29) is 23.6 Å². The Bertz CT molecular complexity index is 491. The number of likely N-dealkylation sites (N-methyl/N-ethyl adjacent to an activating group) is 1. The van der Waals surface area contributed by atoms with Crippen molar-refractivity contribution in [2.75, 3.05) is 25.1 Å². The lowest BCUT2D eigenvalue weighted by Gasteiger charge is -2.31. The summed E-state index contributed by atoms with van der Waals surface area (Å²) >= 11 is 0. The summed E-state index contributed by atoms with van der Waals surface area (Å²) in [4.78, 5) is 10.1. The fourth-order valence-corrected chi connectivity index (χ4v) is 4.13. The zero-order valence-corrected chi connectivity index (χ0v) is 11.2. The largest absolute Gasteiger partial charge is 0.329 e. The van der Waals surface area contributed by atoms with Crippen molar-refractivity contribution < 1.29 is 8.42 Å². The molecule has 6 nitrogen and oxygen atoms in total. The molecule has 0 aliphatic carbocycles. The number of hydrogen-bond donors (Lipinski definition) is 1. The van der Waals surface area contributed by atoms with E-state index in [0.717, 1.165) is 5.69 Å². The first-order valence-corrected chi connectivity index (χ1v) is 7.74. The van der Waals surface area contributed by atoms with Crippen LogP contribution in [0.4, 0.5) is 0 Å². The Morgan fingerprint density at radius 3 is 2.89 bits per heavy atom. The van der Waals surface area contributed by atoms with Gasteiger partial charge in [-0.1, -0.05) is 0 Å². The van der Waals surface area contributed by atoms with E-state index >= 15 is 0 Å². The van der Waals surface area contributed by atoms with Gasteiger partial charge < -0.3 is 5.73 Å². The summed E-state index contributed by atoms with van der Waals surface area (Å²) in [5, 5.41) is 0. The standard InChI is InChI=1S/C11H18N4O2S/c1-15(9-3-5-18(16,17)7-9)11(6-12)10-2-4-13-8-14-10/h2,4,8-9,11H,3,5-7,12H2,1H3. The Hall–Kier alpha value is -1.05. The zero-order valence-electron chi connectivity index (χ0n) is 10.4. The van der Waals surface area contributed by atoms with E-state index in [0.29, 0.717) is 13.0 Å². The second-order valence-electron chi connectivity index (χ2n) is 4.61. The second-order valence-corrected chi connectivity index (χ2v) is 6.84. The summed E-state index contributed by atoms with van der Waals surface area (Å²) in [6.45, 7) is 0.407. The lowest BCUT2D eigenvalue weighted by Crippen LogP contribution is -2.39. The van der Waals surface area contributed by atoms with Crippen LogP contribution in [0.15, 0.2) is 18.6 Å². The fourth-order valence-electron chi connectivity index (χ4n) is 2.34. The summed E-state index contributed by atoms with van der Waals surface area (Å²) in [6, 6.07) is 1.78. The van der Waals surface area contributed by atoms with Crippen molar-refractivity contribution in [1.82, 2.24) is 14.9 Å². The van der Waals surface area contributed by atoms with Gasteiger partial charge in [-0.2, -0.15) is 0 Å². The molecule has 1 saturated heterocycles. The summed E-state index contributed by atoms with van der Waals surface area (Å²) in [5.74, 6) is 0.480. The minimum absolute atomic E-state index is 0.0264. The molecular formula is C11H18N4O2S. The molecule has 2 unspecified atom stereocenters. The van der Waals surface area contributed by atoms with Crippen LogP contribution < -0.4 is 5.73 Å². The van der Waals surface area contributed by atoms with Crippen LogP contribution >= 0.6 is 0 Å². The maximum atomic E-state index is 11.5. The summed E-state index contributed by atoms with van der Waals surface area (Å²) < 4.78 is 23.0. The molecule has 2 heterocycles. The molecular weight excluding hydrogens is 252 g/mol. The highest BCUT2D eigenvalue weighted by molar-refractivity contribution is 7.91. The van der Waals surface area contributed by atoms with Crippen LogP contribution in [0.5, 0.6) is 0 Å². The number of aromatic nitrogens is 2. The van der Waals surface area contributed by atoms with Crippen molar-refractivity contribution in [1.29, 1.82) is 0 Å². The van der Waals surface area contributed by atoms with Crippen LogP contribution in [0.25, 0.3) is 0 Å². The Balaban J connectivity index is 2.14. The quantitative estimate of drug-likeness (QED) is 0.800. The third-order valence-electron chi connectivity index (χ3n) is 3.45. The Morgan fingerprint density at radius 1 is 1.61 bits per heavy atom. The van der Waals surface area contributed by atoms with E-state index in [2.05, 4.69) is 9.97 Å². The molecule has 1 fully saturated rings. The van der Waals surface area contributed by atoms with Gasteiger partial charge in [0.2, 0.25) is 0 Å². The van der Waals surface area contributed by atoms with E-state index < -0.39 is 9.84 Å². The number of nitrogens with two attached hydrogens (primary N) is 1. The van der Waals surface area contributed by atoms with Crippen molar-refractivity contribution >= 4 is 9.84 Å². The molecule has 0 spiro atoms. The van der Waals surface area contributed by atoms with Crippen molar-refractivity contribution in [3.63, 3.8) is 0 Å². The topological polar surface area (TPSA) is 89.2 Å². The van der Waals surface area contributed by atoms with Gasteiger partial charge in [0.15, 0.2) is 9.84 Å². The van der Waals surface area contributed by atoms with E-state index in [1.54, 1.807) is 6.20 Å². The van der Waals surface area contributed by atoms with Gasteiger partial charge in [0.05, 0.1) is 23.2 Å². The van der Waals surface area contributed by atoms with Crippen LogP contribution in [0.2, 0.25) is 0 Å². The average Bonchev–Trinajstić information content (AvgIpc) is 2.72. The van der Waals surface area contributed by atoms with Gasteiger partial charge in [0, 0.05) is 18.8 Å². The molecule has 18 heavy (non-hydrogen) atoms. The zero-order chi connectivity index (χ0) is 13.2. The lowest BCUT2D eigenvalue weighted by atomic mass is 10.1. The number of nitrogens with zero attached hydrogens (tertiary/aromatic N) is 3. The van der Waals surface area contributed by atoms with Gasteiger partial charge in [-0.15, -0.1) is 0 Å². The lowest BCUT2D eigenvalue weighted by molar-refractivity contribution is 0.189. The highest BCUT2D eigenvalue weighted by Gasteiger charge is 2.33. The molecule has 1 aliphatic rings. The Labute approximate surface area is 107 Å². The fraction of sp³-hybridized carbons (Fsp3) is 0.636. The molecule has 0 saturated carbocycles. The summed E-state index contributed by atoms with van der Waals surface area (Å²) in [6.07, 6.45) is 3.82. The molecule has 0 amide bonds. The normalized spacial score (nSPS) is 24.3. The molecule has 0 radical (unpaired) electrons. The first kappa shape index (κ1) is 13.4. The van der Waals surface area contributed by atoms with E-state index in [1.807, 2.05) is 18.0 Å². The van der Waals surface area contributed by atoms with Crippen molar-refractivity contribution in [2.24, 2.45) is 5.73 Å². The molecule has 2 N–H and O–H groups in total. The average molecular weight is 270 g/mol. The summed E-state index contributed by atoms with van der Waals surface area (Å²) in [5.41, 5.74) is 6.62. The summed E-state index contributed by atoms with van der Waals surface area (Å²) in [7, 11) is -0.972. The van der Waals surface area contributed by atoms with Gasteiger partial charge >= 0.3 is 0 Å². The molecule has 7 heteroatoms. The minimum Gasteiger partial charge on any atom is -0.329 e. The Kier molecular flexibility index (Phi) is 3.94. The highest BCUT2D eigenvalue weighted by Crippen LogP contribution is 2.24. The van der Waals surface area contributed by atoms with Crippen molar-refractivity contribution in [3.8, 4) is 0 Å².